The zero-order chi connectivity index (χ0) is 18.8. The van der Waals surface area contributed by atoms with Gasteiger partial charge >= 0.3 is 0 Å². The van der Waals surface area contributed by atoms with Gasteiger partial charge in [0.25, 0.3) is 11.7 Å². The summed E-state index contributed by atoms with van der Waals surface area (Å²) in [6, 6.07) is 14.7. The Hall–Kier alpha value is -3.12. The van der Waals surface area contributed by atoms with Crippen LogP contribution in [-0.2, 0) is 17.8 Å². The molecule has 0 fully saturated rings. The molecule has 1 aliphatic rings. The van der Waals surface area contributed by atoms with Crippen molar-refractivity contribution in [1.82, 2.24) is 9.88 Å². The first-order valence-corrected chi connectivity index (χ1v) is 8.99. The van der Waals surface area contributed by atoms with Gasteiger partial charge in [-0.15, -0.1) is 0 Å². The van der Waals surface area contributed by atoms with Crippen molar-refractivity contribution in [2.24, 2.45) is 0 Å². The Bertz CT molecular complexity index is 1020. The van der Waals surface area contributed by atoms with Gasteiger partial charge in [-0.1, -0.05) is 24.3 Å². The third kappa shape index (κ3) is 3.19. The van der Waals surface area contributed by atoms with E-state index < -0.39 is 11.7 Å². The average Bonchev–Trinajstić information content (AvgIpc) is 2.83. The average molecular weight is 363 g/mol. The number of fused-ring (bicyclic) bond motifs is 3. The Labute approximate surface area is 157 Å². The van der Waals surface area contributed by atoms with E-state index in [2.05, 4.69) is 15.2 Å². The van der Waals surface area contributed by atoms with Crippen LogP contribution < -0.4 is 15.4 Å². The fraction of sp³-hybridized carbons (Fsp3) is 0.238. The lowest BCUT2D eigenvalue weighted by Crippen LogP contribution is -2.24. The Kier molecular flexibility index (Phi) is 4.64. The molecular weight excluding hydrogens is 342 g/mol. The van der Waals surface area contributed by atoms with E-state index in [1.54, 1.807) is 31.4 Å². The van der Waals surface area contributed by atoms with Crippen molar-refractivity contribution in [3.8, 4) is 5.75 Å². The Balaban J connectivity index is 1.72. The molecule has 0 atom stereocenters. The number of nitrogens with one attached hydrogen (secondary N) is 2. The number of nitrogens with zero attached hydrogens (tertiary/aromatic N) is 1. The molecule has 0 saturated carbocycles. The number of methoxy groups -OCH3 is 1. The topological polar surface area (TPSA) is 72.4 Å². The number of carbonyl (C=O) groups is 2. The number of ketones is 1. The number of rotatable bonds is 4. The maximum absolute atomic E-state index is 13.1. The minimum absolute atomic E-state index is 0.509. The number of anilines is 1. The van der Waals surface area contributed by atoms with E-state index >= 15 is 0 Å². The molecule has 2 aromatic carbocycles. The predicted molar refractivity (Wildman–Crippen MR) is 104 cm³/mol. The normalized spacial score (nSPS) is 13.7. The molecule has 2 N–H and O–H groups in total. The highest BCUT2D eigenvalue weighted by molar-refractivity contribution is 6.48. The molecule has 27 heavy (non-hydrogen) atoms. The zero-order valence-corrected chi connectivity index (χ0v) is 15.1. The van der Waals surface area contributed by atoms with Crippen molar-refractivity contribution < 1.29 is 14.3 Å². The molecule has 6 heteroatoms. The molecule has 138 valence electrons. The number of carbonyl (C=O) groups excluding carboxylic acids is 2. The summed E-state index contributed by atoms with van der Waals surface area (Å²) in [5.41, 5.74) is 2.96. The van der Waals surface area contributed by atoms with Crippen LogP contribution in [-0.4, -0.2) is 36.5 Å². The van der Waals surface area contributed by atoms with Gasteiger partial charge in [0, 0.05) is 54.4 Å². The summed E-state index contributed by atoms with van der Waals surface area (Å²) in [6.45, 7) is 2.41. The quantitative estimate of drug-likeness (QED) is 0.552. The molecule has 1 aliphatic heterocycles. The standard InChI is InChI=1S/C21H21N3O3/c1-27-15-6-4-5-14(13-15)23-21(26)20(25)19-16-7-2-3-8-17(16)24-12-11-22-10-9-18(19)24/h2-8,13,22H,9-12H2,1H3,(H,23,26). The van der Waals surface area contributed by atoms with Gasteiger partial charge in [-0.3, -0.25) is 9.59 Å². The van der Waals surface area contributed by atoms with E-state index in [0.717, 1.165) is 36.2 Å². The number of ether oxygens (including phenoxy) is 1. The maximum Gasteiger partial charge on any atom is 0.296 e. The summed E-state index contributed by atoms with van der Waals surface area (Å²) < 4.78 is 7.32. The molecule has 0 bridgehead atoms. The predicted octanol–water partition coefficient (Wildman–Crippen LogP) is 2.62. The van der Waals surface area contributed by atoms with Crippen molar-refractivity contribution in [2.45, 2.75) is 13.0 Å². The molecule has 1 aromatic heterocycles. The minimum atomic E-state index is -0.639. The number of hydrogen-bond donors (Lipinski definition) is 2. The van der Waals surface area contributed by atoms with Gasteiger partial charge in [0.1, 0.15) is 5.75 Å². The summed E-state index contributed by atoms with van der Waals surface area (Å²) in [4.78, 5) is 25.8. The first kappa shape index (κ1) is 17.3. The van der Waals surface area contributed by atoms with Crippen LogP contribution in [0.25, 0.3) is 10.9 Å². The Morgan fingerprint density at radius 2 is 1.96 bits per heavy atom. The Morgan fingerprint density at radius 1 is 1.11 bits per heavy atom. The molecule has 3 aromatic rings. The van der Waals surface area contributed by atoms with Gasteiger partial charge in [-0.2, -0.15) is 0 Å². The monoisotopic (exact) mass is 363 g/mol. The highest BCUT2D eigenvalue weighted by atomic mass is 16.5. The second-order valence-electron chi connectivity index (χ2n) is 6.51. The molecule has 0 saturated heterocycles. The van der Waals surface area contributed by atoms with Crippen molar-refractivity contribution in [3.05, 3.63) is 59.8 Å². The van der Waals surface area contributed by atoms with Crippen LogP contribution in [0.15, 0.2) is 48.5 Å². The van der Waals surface area contributed by atoms with Crippen molar-refractivity contribution in [3.63, 3.8) is 0 Å². The lowest BCUT2D eigenvalue weighted by atomic mass is 10.0. The van der Waals surface area contributed by atoms with Crippen LogP contribution in [0.3, 0.4) is 0 Å². The molecule has 0 aliphatic carbocycles. The summed E-state index contributed by atoms with van der Waals surface area (Å²) in [6.07, 6.45) is 0.711. The number of para-hydroxylation sites is 1. The lowest BCUT2D eigenvalue weighted by Gasteiger charge is -2.08. The lowest BCUT2D eigenvalue weighted by molar-refractivity contribution is -0.112. The van der Waals surface area contributed by atoms with Gasteiger partial charge in [0.05, 0.1) is 12.7 Å². The summed E-state index contributed by atoms with van der Waals surface area (Å²) >= 11 is 0. The summed E-state index contributed by atoms with van der Waals surface area (Å²) in [5, 5.41) is 6.88. The highest BCUT2D eigenvalue weighted by Crippen LogP contribution is 2.28. The van der Waals surface area contributed by atoms with Gasteiger partial charge in [-0.05, 0) is 18.2 Å². The number of benzene rings is 2. The summed E-state index contributed by atoms with van der Waals surface area (Å²) in [7, 11) is 1.56. The van der Waals surface area contributed by atoms with Gasteiger partial charge in [-0.25, -0.2) is 0 Å². The fourth-order valence-electron chi connectivity index (χ4n) is 3.65. The smallest absolute Gasteiger partial charge is 0.296 e. The second kappa shape index (κ2) is 7.25. The van der Waals surface area contributed by atoms with E-state index in [9.17, 15) is 9.59 Å². The van der Waals surface area contributed by atoms with Crippen LogP contribution in [0.4, 0.5) is 5.69 Å². The van der Waals surface area contributed by atoms with Gasteiger partial charge in [0.15, 0.2) is 0 Å². The zero-order valence-electron chi connectivity index (χ0n) is 15.1. The van der Waals surface area contributed by atoms with Crippen molar-refractivity contribution in [2.75, 3.05) is 25.5 Å². The van der Waals surface area contributed by atoms with Crippen LogP contribution in [0.1, 0.15) is 16.1 Å². The largest absolute Gasteiger partial charge is 0.497 e. The molecule has 2 heterocycles. The summed E-state index contributed by atoms with van der Waals surface area (Å²) in [5.74, 6) is -0.529. The molecule has 1 amide bonds. The SMILES string of the molecule is COc1cccc(NC(=O)C(=O)c2c3n(c4ccccc24)CCNCC3)c1. The molecule has 0 spiro atoms. The van der Waals surface area contributed by atoms with Gasteiger partial charge in [0.2, 0.25) is 0 Å². The minimum Gasteiger partial charge on any atom is -0.497 e. The van der Waals surface area contributed by atoms with Crippen molar-refractivity contribution >= 4 is 28.3 Å². The molecular formula is C21H21N3O3. The van der Waals surface area contributed by atoms with E-state index in [-0.39, 0.29) is 0 Å². The van der Waals surface area contributed by atoms with Crippen molar-refractivity contribution in [1.29, 1.82) is 0 Å². The van der Waals surface area contributed by atoms with E-state index in [1.807, 2.05) is 24.3 Å². The third-order valence-corrected chi connectivity index (χ3v) is 4.89. The molecule has 0 unspecified atom stereocenters. The first-order valence-electron chi connectivity index (χ1n) is 8.99. The van der Waals surface area contributed by atoms with Crippen LogP contribution >= 0.6 is 0 Å². The fourth-order valence-corrected chi connectivity index (χ4v) is 3.65. The van der Waals surface area contributed by atoms with Crippen LogP contribution in [0.2, 0.25) is 0 Å². The van der Waals surface area contributed by atoms with E-state index in [1.165, 1.54) is 0 Å². The second-order valence-corrected chi connectivity index (χ2v) is 6.51. The number of Topliss-reactive ketones (excluding diaryl/α,β-unsaturated/α-hetero) is 1. The van der Waals surface area contributed by atoms with Crippen LogP contribution in [0.5, 0.6) is 5.75 Å². The molecule has 4 rings (SSSR count). The highest BCUT2D eigenvalue weighted by Gasteiger charge is 2.27. The number of hydrogen-bond acceptors (Lipinski definition) is 4. The maximum atomic E-state index is 13.1. The molecule has 0 radical (unpaired) electrons. The van der Waals surface area contributed by atoms with E-state index in [4.69, 9.17) is 4.74 Å². The van der Waals surface area contributed by atoms with Crippen LogP contribution in [0, 0.1) is 0 Å². The van der Waals surface area contributed by atoms with Gasteiger partial charge < -0.3 is 19.9 Å². The van der Waals surface area contributed by atoms with E-state index in [0.29, 0.717) is 23.4 Å². The first-order chi connectivity index (χ1) is 13.2. The number of aromatic nitrogens is 1. The molecule has 6 nitrogen and oxygen atoms in total. The third-order valence-electron chi connectivity index (χ3n) is 4.89. The number of amides is 1. The Morgan fingerprint density at radius 3 is 2.81 bits per heavy atom.